The first-order chi connectivity index (χ1) is 15.0. The van der Waals surface area contributed by atoms with Crippen molar-refractivity contribution < 1.29 is 14.3 Å². The lowest BCUT2D eigenvalue weighted by molar-refractivity contribution is -0.628. The summed E-state index contributed by atoms with van der Waals surface area (Å²) in [4.78, 5) is 9.80. The Kier molecular flexibility index (Phi) is 5.23. The highest BCUT2D eigenvalue weighted by Crippen LogP contribution is 2.33. The number of fused-ring (bicyclic) bond motifs is 1. The number of nitrogens with two attached hydrogens (primary N) is 1. The van der Waals surface area contributed by atoms with E-state index in [9.17, 15) is 5.21 Å². The second-order valence-electron chi connectivity index (χ2n) is 8.69. The molecule has 0 aliphatic carbocycles. The third-order valence-corrected chi connectivity index (χ3v) is 6.16. The highest BCUT2D eigenvalue weighted by Gasteiger charge is 2.47. The van der Waals surface area contributed by atoms with Crippen molar-refractivity contribution in [2.75, 3.05) is 32.9 Å². The van der Waals surface area contributed by atoms with Gasteiger partial charge in [0.25, 0.3) is 5.96 Å². The molecular formula is C22H30N6O3. The fraction of sp³-hybridized carbons (Fsp3) is 0.545. The van der Waals surface area contributed by atoms with Crippen LogP contribution in [-0.4, -0.2) is 82.7 Å². The van der Waals surface area contributed by atoms with Crippen LogP contribution in [0.3, 0.4) is 0 Å². The fourth-order valence-electron chi connectivity index (χ4n) is 4.86. The molecule has 0 radical (unpaired) electrons. The highest BCUT2D eigenvalue weighted by atomic mass is 16.5. The molecule has 31 heavy (non-hydrogen) atoms. The van der Waals surface area contributed by atoms with E-state index < -0.39 is 0 Å². The van der Waals surface area contributed by atoms with Crippen LogP contribution in [0, 0.1) is 5.21 Å². The van der Waals surface area contributed by atoms with E-state index in [1.54, 1.807) is 5.01 Å². The van der Waals surface area contributed by atoms with E-state index >= 15 is 0 Å². The van der Waals surface area contributed by atoms with Gasteiger partial charge < -0.3 is 25.3 Å². The van der Waals surface area contributed by atoms with Crippen LogP contribution in [0.1, 0.15) is 32.3 Å². The number of amidine groups is 1. The van der Waals surface area contributed by atoms with Crippen LogP contribution in [0.4, 0.5) is 0 Å². The van der Waals surface area contributed by atoms with E-state index in [1.807, 2.05) is 35.2 Å². The van der Waals surface area contributed by atoms with Gasteiger partial charge in [0.15, 0.2) is 12.4 Å². The maximum atomic E-state index is 13.6. The van der Waals surface area contributed by atoms with Crippen LogP contribution in [0.15, 0.2) is 41.0 Å². The lowest BCUT2D eigenvalue weighted by Crippen LogP contribution is -2.52. The summed E-state index contributed by atoms with van der Waals surface area (Å²) in [5.74, 6) is 0.869. The van der Waals surface area contributed by atoms with Crippen molar-refractivity contribution in [2.24, 2.45) is 10.7 Å². The minimum absolute atomic E-state index is 0.0510. The highest BCUT2D eigenvalue weighted by molar-refractivity contribution is 6.14. The van der Waals surface area contributed by atoms with E-state index in [4.69, 9.17) is 20.2 Å². The molecule has 2 unspecified atom stereocenters. The average molecular weight is 427 g/mol. The fourth-order valence-corrected chi connectivity index (χ4v) is 4.86. The number of hydrogen-bond donors (Lipinski definition) is 1. The Morgan fingerprint density at radius 3 is 2.61 bits per heavy atom. The first-order valence-electron chi connectivity index (χ1n) is 11.0. The number of benzene rings is 1. The third-order valence-electron chi connectivity index (χ3n) is 6.16. The molecule has 0 bridgehead atoms. The lowest BCUT2D eigenvalue weighted by atomic mass is 10.1. The first kappa shape index (κ1) is 20.1. The van der Waals surface area contributed by atoms with E-state index in [2.05, 4.69) is 18.7 Å². The number of morpholine rings is 1. The molecule has 4 aliphatic rings. The molecule has 3 atom stereocenters. The smallest absolute Gasteiger partial charge is 0.334 e. The van der Waals surface area contributed by atoms with Crippen molar-refractivity contribution >= 4 is 17.5 Å². The maximum absolute atomic E-state index is 13.6. The Bertz CT molecular complexity index is 914. The van der Waals surface area contributed by atoms with Crippen LogP contribution < -0.4 is 5.73 Å². The standard InChI is InChI=1S/C22H30N6O3/c1-15-11-25(12-16(2)31-15)20-19(17-7-4-3-5-8-17)24-22(23)27-14-26(28(29)21(20)27)13-18-9-6-10-30-18/h3-5,7-8,15-16,18H,6,9-14H2,1-2H3,(H2,23,24)/t15?,16?,18-/m1/s1. The lowest BCUT2D eigenvalue weighted by Gasteiger charge is -2.39. The Morgan fingerprint density at radius 2 is 1.94 bits per heavy atom. The molecule has 1 aromatic carbocycles. The molecule has 2 saturated heterocycles. The van der Waals surface area contributed by atoms with Gasteiger partial charge in [-0.3, -0.25) is 0 Å². The van der Waals surface area contributed by atoms with Crippen LogP contribution in [-0.2, 0) is 9.47 Å². The molecular weight excluding hydrogens is 396 g/mol. The number of hydrazone groups is 1. The van der Waals surface area contributed by atoms with Gasteiger partial charge in [-0.15, -0.1) is 0 Å². The molecule has 0 saturated carbocycles. The molecule has 2 fully saturated rings. The van der Waals surface area contributed by atoms with Crippen molar-refractivity contribution in [3.8, 4) is 0 Å². The van der Waals surface area contributed by atoms with Gasteiger partial charge in [-0.05, 0) is 26.7 Å². The van der Waals surface area contributed by atoms with Crippen LogP contribution in [0.5, 0.6) is 0 Å². The quantitative estimate of drug-likeness (QED) is 0.574. The van der Waals surface area contributed by atoms with E-state index in [0.29, 0.717) is 38.1 Å². The molecule has 1 aromatic rings. The molecule has 5 rings (SSSR count). The number of aliphatic imine (C=N–C) groups is 1. The zero-order valence-corrected chi connectivity index (χ0v) is 18.1. The number of nitrogens with zero attached hydrogens (tertiary/aromatic N) is 5. The number of hydrogen-bond acceptors (Lipinski definition) is 8. The number of rotatable bonds is 4. The monoisotopic (exact) mass is 426 g/mol. The summed E-state index contributed by atoms with van der Waals surface area (Å²) in [6, 6.07) is 9.92. The van der Waals surface area contributed by atoms with Crippen molar-refractivity contribution in [3.05, 3.63) is 46.8 Å². The van der Waals surface area contributed by atoms with Crippen molar-refractivity contribution in [1.82, 2.24) is 14.8 Å². The summed E-state index contributed by atoms with van der Waals surface area (Å²) >= 11 is 0. The molecule has 0 amide bonds. The number of ether oxygens (including phenoxy) is 2. The molecule has 0 aromatic heterocycles. The van der Waals surface area contributed by atoms with Gasteiger partial charge in [0.05, 0.1) is 24.9 Å². The van der Waals surface area contributed by atoms with Crippen LogP contribution >= 0.6 is 0 Å². The second kappa shape index (κ2) is 8.05. The summed E-state index contributed by atoms with van der Waals surface area (Å²) in [6.45, 7) is 7.15. The summed E-state index contributed by atoms with van der Waals surface area (Å²) < 4.78 is 11.7. The Balaban J connectivity index is 1.60. The Hall–Kier alpha value is -2.78. The molecule has 4 aliphatic heterocycles. The van der Waals surface area contributed by atoms with E-state index in [1.165, 1.54) is 0 Å². The summed E-state index contributed by atoms with van der Waals surface area (Å²) in [5, 5.41) is 15.3. The average Bonchev–Trinajstić information content (AvgIpc) is 3.37. The minimum atomic E-state index is 0.0510. The predicted molar refractivity (Wildman–Crippen MR) is 118 cm³/mol. The van der Waals surface area contributed by atoms with E-state index in [0.717, 1.165) is 41.3 Å². The normalized spacial score (nSPS) is 29.0. The molecule has 2 N–H and O–H groups in total. The minimum Gasteiger partial charge on any atom is -0.692 e. The largest absolute Gasteiger partial charge is 0.692 e. The molecule has 166 valence electrons. The van der Waals surface area contributed by atoms with Gasteiger partial charge in [0, 0.05) is 25.3 Å². The van der Waals surface area contributed by atoms with Crippen molar-refractivity contribution in [1.29, 1.82) is 0 Å². The van der Waals surface area contributed by atoms with Crippen LogP contribution in [0.2, 0.25) is 0 Å². The van der Waals surface area contributed by atoms with Gasteiger partial charge >= 0.3 is 5.84 Å². The summed E-state index contributed by atoms with van der Waals surface area (Å²) in [6.07, 6.45) is 2.18. The number of hydrazine groups is 1. The molecule has 0 spiro atoms. The van der Waals surface area contributed by atoms with Gasteiger partial charge in [-0.2, -0.15) is 19.7 Å². The third kappa shape index (κ3) is 3.72. The Morgan fingerprint density at radius 1 is 1.19 bits per heavy atom. The predicted octanol–water partition coefficient (Wildman–Crippen LogP) is 1.37. The SMILES string of the molecule is CC1CN(C2=C(c3ccccc3)N=C(N)N3CN(C[C@H]4CCCO4)[N+]([O-])=C23)CC(C)O1. The summed E-state index contributed by atoms with van der Waals surface area (Å²) in [7, 11) is 0. The Labute approximate surface area is 182 Å². The number of guanidine groups is 1. The molecule has 9 heteroatoms. The van der Waals surface area contributed by atoms with Crippen LogP contribution in [0.25, 0.3) is 5.70 Å². The molecule has 9 nitrogen and oxygen atoms in total. The zero-order chi connectivity index (χ0) is 21.5. The van der Waals surface area contributed by atoms with Gasteiger partial charge in [-0.25, -0.2) is 0 Å². The van der Waals surface area contributed by atoms with Crippen molar-refractivity contribution in [3.63, 3.8) is 0 Å². The molecule has 4 heterocycles. The van der Waals surface area contributed by atoms with Crippen molar-refractivity contribution in [2.45, 2.75) is 45.0 Å². The summed E-state index contributed by atoms with van der Waals surface area (Å²) in [5.41, 5.74) is 8.86. The zero-order valence-electron chi connectivity index (χ0n) is 18.1. The maximum Gasteiger partial charge on any atom is 0.334 e. The topological polar surface area (TPSA) is 92.6 Å². The first-order valence-corrected chi connectivity index (χ1v) is 11.0. The van der Waals surface area contributed by atoms with Gasteiger partial charge in [-0.1, -0.05) is 30.3 Å². The van der Waals surface area contributed by atoms with Gasteiger partial charge in [0.1, 0.15) is 5.70 Å². The van der Waals surface area contributed by atoms with Gasteiger partial charge in [0.2, 0.25) is 0 Å². The van der Waals surface area contributed by atoms with E-state index in [-0.39, 0.29) is 18.3 Å². The second-order valence-corrected chi connectivity index (χ2v) is 8.69.